The third-order valence-corrected chi connectivity index (χ3v) is 5.44. The van der Waals surface area contributed by atoms with E-state index in [-0.39, 0.29) is 11.9 Å². The van der Waals surface area contributed by atoms with Crippen LogP contribution in [0.4, 0.5) is 0 Å². The van der Waals surface area contributed by atoms with Crippen molar-refractivity contribution >= 4 is 29.2 Å². The van der Waals surface area contributed by atoms with Crippen LogP contribution in [0.5, 0.6) is 17.2 Å². The van der Waals surface area contributed by atoms with Crippen LogP contribution in [0.25, 0.3) is 0 Å². The summed E-state index contributed by atoms with van der Waals surface area (Å²) in [5, 5.41) is 0. The third kappa shape index (κ3) is 7.15. The Hall–Kier alpha value is -2.69. The topological polar surface area (TPSA) is 44.8 Å². The summed E-state index contributed by atoms with van der Waals surface area (Å²) in [5.41, 5.74) is 2.56. The smallest absolute Gasteiger partial charge is 0.316 e. The Balaban J connectivity index is 1.97. The molecule has 3 aromatic rings. The Kier molecular flexibility index (Phi) is 9.26. The van der Waals surface area contributed by atoms with E-state index in [0.717, 1.165) is 28.2 Å². The summed E-state index contributed by atoms with van der Waals surface area (Å²) >= 11 is 11.5. The van der Waals surface area contributed by atoms with Crippen molar-refractivity contribution in [1.29, 1.82) is 0 Å². The fourth-order valence-corrected chi connectivity index (χ4v) is 3.58. The van der Waals surface area contributed by atoms with E-state index in [1.807, 2.05) is 87.5 Å². The molecular formula is C28H30Cl2O4. The first-order chi connectivity index (χ1) is 16.3. The number of esters is 1. The van der Waals surface area contributed by atoms with E-state index in [4.69, 9.17) is 37.4 Å². The molecule has 180 valence electrons. The molecule has 0 fully saturated rings. The highest BCUT2D eigenvalue weighted by molar-refractivity contribution is 6.18. The lowest BCUT2D eigenvalue weighted by molar-refractivity contribution is -0.143. The van der Waals surface area contributed by atoms with E-state index < -0.39 is 5.41 Å². The van der Waals surface area contributed by atoms with Crippen LogP contribution < -0.4 is 14.2 Å². The van der Waals surface area contributed by atoms with Crippen molar-refractivity contribution in [2.45, 2.75) is 26.7 Å². The van der Waals surface area contributed by atoms with Gasteiger partial charge >= 0.3 is 5.97 Å². The molecule has 0 N–H and O–H groups in total. The molecule has 0 amide bonds. The zero-order chi connectivity index (χ0) is 24.6. The first kappa shape index (κ1) is 25.9. The standard InChI is InChI=1S/C28H30Cl2O4/c1-28(2,3)27(31)34-25-6-4-5-22(19-25)26(20-7-11-23(12-8-20)32-17-15-29)21-9-13-24(14-10-21)33-18-16-30/h4-14,19,26H,15-18H2,1-3H3. The monoisotopic (exact) mass is 500 g/mol. The summed E-state index contributed by atoms with van der Waals surface area (Å²) < 4.78 is 16.9. The molecule has 0 aromatic heterocycles. The quantitative estimate of drug-likeness (QED) is 0.129. The third-order valence-electron chi connectivity index (χ3n) is 5.13. The van der Waals surface area contributed by atoms with Crippen LogP contribution in [-0.2, 0) is 4.79 Å². The lowest BCUT2D eigenvalue weighted by atomic mass is 9.85. The average Bonchev–Trinajstić information content (AvgIpc) is 2.83. The molecular weight excluding hydrogens is 471 g/mol. The molecule has 3 rings (SSSR count). The second kappa shape index (κ2) is 12.1. The summed E-state index contributed by atoms with van der Waals surface area (Å²) in [6.45, 7) is 6.42. The molecule has 0 unspecified atom stereocenters. The number of hydrogen-bond donors (Lipinski definition) is 0. The van der Waals surface area contributed by atoms with Gasteiger partial charge in [-0.3, -0.25) is 4.79 Å². The Labute approximate surface area is 211 Å². The molecule has 0 radical (unpaired) electrons. The van der Waals surface area contributed by atoms with Crippen molar-refractivity contribution in [2.75, 3.05) is 25.0 Å². The maximum atomic E-state index is 12.4. The van der Waals surface area contributed by atoms with Gasteiger partial charge in [-0.1, -0.05) is 36.4 Å². The Morgan fingerprint density at radius 2 is 1.24 bits per heavy atom. The van der Waals surface area contributed by atoms with Crippen molar-refractivity contribution < 1.29 is 19.0 Å². The van der Waals surface area contributed by atoms with Gasteiger partial charge in [-0.25, -0.2) is 0 Å². The second-order valence-corrected chi connectivity index (χ2v) is 9.61. The van der Waals surface area contributed by atoms with Gasteiger partial charge in [0.05, 0.1) is 17.2 Å². The number of hydrogen-bond acceptors (Lipinski definition) is 4. The number of rotatable bonds is 10. The highest BCUT2D eigenvalue weighted by Gasteiger charge is 2.24. The molecule has 6 heteroatoms. The van der Waals surface area contributed by atoms with Gasteiger partial charge in [0.15, 0.2) is 0 Å². The van der Waals surface area contributed by atoms with E-state index in [0.29, 0.717) is 30.7 Å². The predicted molar refractivity (Wildman–Crippen MR) is 138 cm³/mol. The van der Waals surface area contributed by atoms with E-state index in [1.54, 1.807) is 6.07 Å². The van der Waals surface area contributed by atoms with Gasteiger partial charge in [-0.2, -0.15) is 0 Å². The van der Waals surface area contributed by atoms with Crippen molar-refractivity contribution in [1.82, 2.24) is 0 Å². The van der Waals surface area contributed by atoms with E-state index in [9.17, 15) is 4.79 Å². The largest absolute Gasteiger partial charge is 0.492 e. The molecule has 0 bridgehead atoms. The van der Waals surface area contributed by atoms with Crippen LogP contribution in [0, 0.1) is 5.41 Å². The van der Waals surface area contributed by atoms with Crippen molar-refractivity contribution in [3.8, 4) is 17.2 Å². The molecule has 0 aliphatic rings. The maximum absolute atomic E-state index is 12.4. The fourth-order valence-electron chi connectivity index (χ4n) is 3.42. The van der Waals surface area contributed by atoms with E-state index in [2.05, 4.69) is 0 Å². The normalized spacial score (nSPS) is 11.4. The molecule has 4 nitrogen and oxygen atoms in total. The van der Waals surface area contributed by atoms with E-state index >= 15 is 0 Å². The van der Waals surface area contributed by atoms with Gasteiger partial charge in [0, 0.05) is 5.92 Å². The highest BCUT2D eigenvalue weighted by atomic mass is 35.5. The summed E-state index contributed by atoms with van der Waals surface area (Å²) in [4.78, 5) is 12.4. The van der Waals surface area contributed by atoms with Gasteiger partial charge < -0.3 is 14.2 Å². The number of carbonyl (C=O) groups is 1. The fraction of sp³-hybridized carbons (Fsp3) is 0.321. The molecule has 0 aliphatic carbocycles. The zero-order valence-electron chi connectivity index (χ0n) is 19.7. The summed E-state index contributed by atoms with van der Waals surface area (Å²) in [5.74, 6) is 2.55. The highest BCUT2D eigenvalue weighted by Crippen LogP contribution is 2.35. The summed E-state index contributed by atoms with van der Waals surface area (Å²) in [6, 6.07) is 23.6. The van der Waals surface area contributed by atoms with Gasteiger partial charge in [-0.05, 0) is 73.9 Å². The van der Waals surface area contributed by atoms with Gasteiger partial charge in [-0.15, -0.1) is 23.2 Å². The van der Waals surface area contributed by atoms with E-state index in [1.165, 1.54) is 0 Å². The lowest BCUT2D eigenvalue weighted by Crippen LogP contribution is -2.25. The molecule has 0 saturated heterocycles. The Morgan fingerprint density at radius 3 is 1.68 bits per heavy atom. The minimum atomic E-state index is -0.590. The number of halogens is 2. The number of carbonyl (C=O) groups excluding carboxylic acids is 1. The SMILES string of the molecule is CC(C)(C)C(=O)Oc1cccc(C(c2ccc(OCCCl)cc2)c2ccc(OCCCl)cc2)c1. The summed E-state index contributed by atoms with van der Waals surface area (Å²) in [7, 11) is 0. The summed E-state index contributed by atoms with van der Waals surface area (Å²) in [6.07, 6.45) is 0. The van der Waals surface area contributed by atoms with Crippen LogP contribution in [0.2, 0.25) is 0 Å². The van der Waals surface area contributed by atoms with Gasteiger partial charge in [0.2, 0.25) is 0 Å². The number of ether oxygens (including phenoxy) is 3. The van der Waals surface area contributed by atoms with Crippen molar-refractivity contribution in [3.63, 3.8) is 0 Å². The van der Waals surface area contributed by atoms with Crippen molar-refractivity contribution in [2.24, 2.45) is 5.41 Å². The van der Waals surface area contributed by atoms with Crippen LogP contribution in [-0.4, -0.2) is 30.9 Å². The molecule has 3 aromatic carbocycles. The average molecular weight is 501 g/mol. The molecule has 0 saturated carbocycles. The molecule has 0 aliphatic heterocycles. The molecule has 0 spiro atoms. The first-order valence-electron chi connectivity index (χ1n) is 11.2. The van der Waals surface area contributed by atoms with Crippen LogP contribution in [0.1, 0.15) is 43.4 Å². The number of benzene rings is 3. The van der Waals surface area contributed by atoms with Gasteiger partial charge in [0.1, 0.15) is 30.5 Å². The van der Waals surface area contributed by atoms with Crippen LogP contribution in [0.15, 0.2) is 72.8 Å². The molecule has 0 atom stereocenters. The zero-order valence-corrected chi connectivity index (χ0v) is 21.2. The van der Waals surface area contributed by atoms with Crippen LogP contribution >= 0.6 is 23.2 Å². The Morgan fingerprint density at radius 1 is 0.735 bits per heavy atom. The predicted octanol–water partition coefficient (Wildman–Crippen LogP) is 7.05. The van der Waals surface area contributed by atoms with Gasteiger partial charge in [0.25, 0.3) is 0 Å². The second-order valence-electron chi connectivity index (χ2n) is 8.86. The first-order valence-corrected chi connectivity index (χ1v) is 12.3. The lowest BCUT2D eigenvalue weighted by Gasteiger charge is -2.21. The maximum Gasteiger partial charge on any atom is 0.316 e. The number of alkyl halides is 2. The molecule has 34 heavy (non-hydrogen) atoms. The minimum Gasteiger partial charge on any atom is -0.492 e. The minimum absolute atomic E-state index is 0.0857. The van der Waals surface area contributed by atoms with Crippen LogP contribution in [0.3, 0.4) is 0 Å². The Bertz CT molecular complexity index is 1010. The molecule has 0 heterocycles. The van der Waals surface area contributed by atoms with Crippen molar-refractivity contribution in [3.05, 3.63) is 89.5 Å².